The molecule has 0 aromatic rings. The van der Waals surface area contributed by atoms with E-state index in [0.717, 1.165) is 12.8 Å². The van der Waals surface area contributed by atoms with Crippen LogP contribution >= 0.6 is 21.6 Å². The predicted molar refractivity (Wildman–Crippen MR) is 62.2 cm³/mol. The van der Waals surface area contributed by atoms with E-state index in [9.17, 15) is 4.79 Å². The monoisotopic (exact) mass is 218 g/mol. The van der Waals surface area contributed by atoms with Gasteiger partial charge in [0.2, 0.25) is 0 Å². The number of unbranched alkanes of at least 4 members (excludes halogenated alkanes) is 1. The standard InChI is InChI=1S/C10H18OS2/c1-9(11)5-3-4-6-10(2)7-8-12-13-10/h3-8H2,1-2H3/t10-/m1/s1. The van der Waals surface area contributed by atoms with E-state index in [1.54, 1.807) is 6.92 Å². The fraction of sp³-hybridized carbons (Fsp3) is 0.900. The third-order valence-corrected chi connectivity index (χ3v) is 5.82. The van der Waals surface area contributed by atoms with Crippen molar-refractivity contribution in [2.45, 2.75) is 50.7 Å². The van der Waals surface area contributed by atoms with Crippen molar-refractivity contribution in [1.82, 2.24) is 0 Å². The quantitative estimate of drug-likeness (QED) is 0.517. The molecule has 3 heteroatoms. The van der Waals surface area contributed by atoms with E-state index < -0.39 is 0 Å². The van der Waals surface area contributed by atoms with Gasteiger partial charge in [-0.15, -0.1) is 0 Å². The van der Waals surface area contributed by atoms with Crippen LogP contribution in [0.4, 0.5) is 0 Å². The van der Waals surface area contributed by atoms with Gasteiger partial charge in [-0.2, -0.15) is 0 Å². The molecule has 1 aliphatic heterocycles. The second-order valence-electron chi connectivity index (χ2n) is 4.01. The number of Topliss-reactive ketones (excluding diaryl/α,β-unsaturated/α-hetero) is 1. The number of carbonyl (C=O) groups excluding carboxylic acids is 1. The van der Waals surface area contributed by atoms with Crippen molar-refractivity contribution in [1.29, 1.82) is 0 Å². The van der Waals surface area contributed by atoms with Crippen LogP contribution in [0.15, 0.2) is 0 Å². The van der Waals surface area contributed by atoms with Crippen LogP contribution in [0.25, 0.3) is 0 Å². The maximum atomic E-state index is 10.7. The number of hydrogen-bond acceptors (Lipinski definition) is 3. The summed E-state index contributed by atoms with van der Waals surface area (Å²) >= 11 is 0. The molecule has 0 N–H and O–H groups in total. The fourth-order valence-electron chi connectivity index (χ4n) is 1.52. The van der Waals surface area contributed by atoms with Crippen LogP contribution in [0, 0.1) is 0 Å². The molecule has 1 aliphatic rings. The minimum atomic E-state index is 0.332. The molecular formula is C10H18OS2. The van der Waals surface area contributed by atoms with Gasteiger partial charge in [-0.1, -0.05) is 28.0 Å². The first-order valence-electron chi connectivity index (χ1n) is 4.92. The normalized spacial score (nSPS) is 27.8. The lowest BCUT2D eigenvalue weighted by atomic mass is 9.99. The summed E-state index contributed by atoms with van der Waals surface area (Å²) in [6.07, 6.45) is 5.67. The number of hydrogen-bond donors (Lipinski definition) is 0. The molecule has 1 fully saturated rings. The molecule has 1 nitrogen and oxygen atoms in total. The van der Waals surface area contributed by atoms with Crippen LogP contribution < -0.4 is 0 Å². The van der Waals surface area contributed by atoms with Crippen molar-refractivity contribution >= 4 is 27.4 Å². The summed E-state index contributed by atoms with van der Waals surface area (Å²) in [5.41, 5.74) is 0. The first-order valence-corrected chi connectivity index (χ1v) is 7.24. The lowest BCUT2D eigenvalue weighted by Crippen LogP contribution is -2.15. The number of carbonyl (C=O) groups is 1. The molecule has 0 aromatic carbocycles. The second kappa shape index (κ2) is 5.30. The van der Waals surface area contributed by atoms with Crippen molar-refractivity contribution in [3.63, 3.8) is 0 Å². The Morgan fingerprint density at radius 2 is 2.23 bits per heavy atom. The van der Waals surface area contributed by atoms with E-state index in [0.29, 0.717) is 10.5 Å². The van der Waals surface area contributed by atoms with Crippen LogP contribution in [0.5, 0.6) is 0 Å². The van der Waals surface area contributed by atoms with Crippen molar-refractivity contribution < 1.29 is 4.79 Å². The highest BCUT2D eigenvalue weighted by Gasteiger charge is 2.29. The molecule has 0 aliphatic carbocycles. The third kappa shape index (κ3) is 4.41. The van der Waals surface area contributed by atoms with Gasteiger partial charge in [0.25, 0.3) is 0 Å². The lowest BCUT2D eigenvalue weighted by Gasteiger charge is -2.20. The average molecular weight is 218 g/mol. The number of ketones is 1. The highest BCUT2D eigenvalue weighted by molar-refractivity contribution is 8.77. The van der Waals surface area contributed by atoms with Gasteiger partial charge in [0, 0.05) is 16.9 Å². The molecule has 0 spiro atoms. The molecule has 13 heavy (non-hydrogen) atoms. The molecule has 0 aromatic heterocycles. The van der Waals surface area contributed by atoms with E-state index in [-0.39, 0.29) is 0 Å². The zero-order valence-corrected chi connectivity index (χ0v) is 10.1. The van der Waals surface area contributed by atoms with Crippen molar-refractivity contribution in [3.8, 4) is 0 Å². The molecule has 0 saturated carbocycles. The van der Waals surface area contributed by atoms with Gasteiger partial charge >= 0.3 is 0 Å². The van der Waals surface area contributed by atoms with Gasteiger partial charge in [-0.3, -0.25) is 0 Å². The Labute approximate surface area is 88.8 Å². The van der Waals surface area contributed by atoms with Crippen LogP contribution in [0.1, 0.15) is 46.0 Å². The van der Waals surface area contributed by atoms with E-state index in [2.05, 4.69) is 6.92 Å². The predicted octanol–water partition coefficient (Wildman–Crippen LogP) is 3.68. The molecule has 1 atom stereocenters. The zero-order chi connectivity index (χ0) is 9.73. The van der Waals surface area contributed by atoms with Crippen molar-refractivity contribution in [3.05, 3.63) is 0 Å². The molecule has 0 amide bonds. The fourth-order valence-corrected chi connectivity index (χ4v) is 4.82. The highest BCUT2D eigenvalue weighted by atomic mass is 33.1. The average Bonchev–Trinajstić information content (AvgIpc) is 2.47. The molecule has 76 valence electrons. The summed E-state index contributed by atoms with van der Waals surface area (Å²) in [6, 6.07) is 0. The first kappa shape index (κ1) is 11.4. The van der Waals surface area contributed by atoms with Gasteiger partial charge in [-0.25, -0.2) is 0 Å². The molecule has 1 saturated heterocycles. The van der Waals surface area contributed by atoms with Gasteiger partial charge in [0.1, 0.15) is 5.78 Å². The van der Waals surface area contributed by atoms with E-state index in [1.807, 2.05) is 21.6 Å². The molecular weight excluding hydrogens is 200 g/mol. The van der Waals surface area contributed by atoms with Crippen LogP contribution in [0.2, 0.25) is 0 Å². The van der Waals surface area contributed by atoms with Crippen LogP contribution in [0.3, 0.4) is 0 Å². The second-order valence-corrected chi connectivity index (χ2v) is 7.02. The summed E-state index contributed by atoms with van der Waals surface area (Å²) in [4.78, 5) is 10.7. The topological polar surface area (TPSA) is 17.1 Å². The number of rotatable bonds is 5. The van der Waals surface area contributed by atoms with E-state index in [1.165, 1.54) is 25.0 Å². The molecule has 0 radical (unpaired) electrons. The molecule has 1 heterocycles. The molecule has 1 rings (SSSR count). The van der Waals surface area contributed by atoms with Crippen molar-refractivity contribution in [2.75, 3.05) is 5.75 Å². The van der Waals surface area contributed by atoms with Gasteiger partial charge < -0.3 is 4.79 Å². The smallest absolute Gasteiger partial charge is 0.129 e. The van der Waals surface area contributed by atoms with Crippen LogP contribution in [-0.4, -0.2) is 16.3 Å². The van der Waals surface area contributed by atoms with Crippen LogP contribution in [-0.2, 0) is 4.79 Å². The molecule has 0 bridgehead atoms. The minimum absolute atomic E-state index is 0.332. The SMILES string of the molecule is CC(=O)CCCC[C@]1(C)CCSS1. The third-order valence-electron chi connectivity index (χ3n) is 2.46. The Morgan fingerprint density at radius 1 is 1.46 bits per heavy atom. The molecule has 0 unspecified atom stereocenters. The Morgan fingerprint density at radius 3 is 2.77 bits per heavy atom. The summed E-state index contributed by atoms with van der Waals surface area (Å²) in [6.45, 7) is 4.04. The van der Waals surface area contributed by atoms with Gasteiger partial charge in [-0.05, 0) is 33.1 Å². The maximum Gasteiger partial charge on any atom is 0.129 e. The summed E-state index contributed by atoms with van der Waals surface area (Å²) in [5.74, 6) is 1.63. The Hall–Kier alpha value is 0.370. The van der Waals surface area contributed by atoms with E-state index >= 15 is 0 Å². The first-order chi connectivity index (χ1) is 6.12. The lowest BCUT2D eigenvalue weighted by molar-refractivity contribution is -0.117. The minimum Gasteiger partial charge on any atom is -0.300 e. The van der Waals surface area contributed by atoms with Crippen molar-refractivity contribution in [2.24, 2.45) is 0 Å². The van der Waals surface area contributed by atoms with Gasteiger partial charge in [0.15, 0.2) is 0 Å². The summed E-state index contributed by atoms with van der Waals surface area (Å²) in [5, 5.41) is 0. The van der Waals surface area contributed by atoms with E-state index in [4.69, 9.17) is 0 Å². The highest BCUT2D eigenvalue weighted by Crippen LogP contribution is 2.49. The van der Waals surface area contributed by atoms with Gasteiger partial charge in [0.05, 0.1) is 0 Å². The Bertz CT molecular complexity index is 174. The zero-order valence-electron chi connectivity index (χ0n) is 8.47. The largest absolute Gasteiger partial charge is 0.300 e. The maximum absolute atomic E-state index is 10.7. The summed E-state index contributed by atoms with van der Waals surface area (Å²) < 4.78 is 0.501. The Kier molecular flexibility index (Phi) is 4.67. The summed E-state index contributed by atoms with van der Waals surface area (Å²) in [7, 11) is 4.03. The Balaban J connectivity index is 2.07.